The lowest BCUT2D eigenvalue weighted by Gasteiger charge is -2.14. The predicted octanol–water partition coefficient (Wildman–Crippen LogP) is 3.55. The summed E-state index contributed by atoms with van der Waals surface area (Å²) in [6.45, 7) is 8.36. The van der Waals surface area contributed by atoms with Crippen LogP contribution >= 0.6 is 0 Å². The van der Waals surface area contributed by atoms with E-state index in [2.05, 4.69) is 60.7 Å². The lowest BCUT2D eigenvalue weighted by molar-refractivity contribution is 0.677. The van der Waals surface area contributed by atoms with Crippen molar-refractivity contribution in [2.45, 2.75) is 39.8 Å². The van der Waals surface area contributed by atoms with Crippen molar-refractivity contribution in [3.63, 3.8) is 0 Å². The Morgan fingerprint density at radius 1 is 1.16 bits per heavy atom. The fourth-order valence-electron chi connectivity index (χ4n) is 2.18. The largest absolute Gasteiger partial charge is 0.367 e. The van der Waals surface area contributed by atoms with E-state index in [1.54, 1.807) is 0 Å². The summed E-state index contributed by atoms with van der Waals surface area (Å²) in [5.74, 6) is 0.977. The van der Waals surface area contributed by atoms with Crippen LogP contribution in [0.2, 0.25) is 0 Å². The van der Waals surface area contributed by atoms with Crippen molar-refractivity contribution in [1.82, 2.24) is 10.3 Å². The van der Waals surface area contributed by atoms with Gasteiger partial charge in [-0.2, -0.15) is 0 Å². The molecule has 0 aliphatic carbocycles. The molecule has 1 aromatic carbocycles. The Balaban J connectivity index is 2.34. The van der Waals surface area contributed by atoms with Gasteiger partial charge in [-0.25, -0.2) is 4.98 Å². The fourth-order valence-corrected chi connectivity index (χ4v) is 2.18. The van der Waals surface area contributed by atoms with Gasteiger partial charge in [-0.15, -0.1) is 0 Å². The van der Waals surface area contributed by atoms with Gasteiger partial charge in [0.1, 0.15) is 5.82 Å². The summed E-state index contributed by atoms with van der Waals surface area (Å²) in [6, 6.07) is 8.85. The third-order valence-electron chi connectivity index (χ3n) is 3.05. The van der Waals surface area contributed by atoms with E-state index in [0.717, 1.165) is 25.3 Å². The van der Waals surface area contributed by atoms with Gasteiger partial charge in [0.05, 0.1) is 0 Å². The summed E-state index contributed by atoms with van der Waals surface area (Å²) in [5, 5.41) is 9.34. The Morgan fingerprint density at radius 3 is 2.58 bits per heavy atom. The summed E-state index contributed by atoms with van der Waals surface area (Å²) in [5.41, 5.74) is 1.26. The van der Waals surface area contributed by atoms with Crippen molar-refractivity contribution < 1.29 is 0 Å². The van der Waals surface area contributed by atoms with Crippen molar-refractivity contribution in [3.05, 3.63) is 36.0 Å². The molecule has 3 nitrogen and oxygen atoms in total. The molecule has 3 heteroatoms. The van der Waals surface area contributed by atoms with Crippen LogP contribution in [0, 0.1) is 0 Å². The zero-order valence-electron chi connectivity index (χ0n) is 12.0. The molecular weight excluding hydrogens is 234 g/mol. The van der Waals surface area contributed by atoms with Gasteiger partial charge in [-0.05, 0) is 37.8 Å². The molecule has 2 N–H and O–H groups in total. The molecule has 2 aromatic rings. The highest BCUT2D eigenvalue weighted by Crippen LogP contribution is 2.24. The van der Waals surface area contributed by atoms with Crippen molar-refractivity contribution in [2.24, 2.45) is 0 Å². The third kappa shape index (κ3) is 3.44. The van der Waals surface area contributed by atoms with Crippen LogP contribution in [0.4, 0.5) is 5.82 Å². The van der Waals surface area contributed by atoms with Gasteiger partial charge in [-0.3, -0.25) is 0 Å². The zero-order chi connectivity index (χ0) is 13.7. The molecule has 0 amide bonds. The maximum absolute atomic E-state index is 4.57. The second-order valence-electron chi connectivity index (χ2n) is 5.15. The molecule has 0 saturated heterocycles. The highest BCUT2D eigenvalue weighted by molar-refractivity contribution is 5.94. The van der Waals surface area contributed by atoms with Crippen molar-refractivity contribution >= 4 is 16.6 Å². The standard InChI is InChI=1S/C16H23N3/c1-4-9-17-10-13-11-18-16(19-12(2)3)15-8-6-5-7-14(13)15/h5-8,11-12,17H,4,9-10H2,1-3H3,(H,18,19). The predicted molar refractivity (Wildman–Crippen MR) is 82.5 cm³/mol. The first-order valence-corrected chi connectivity index (χ1v) is 7.06. The number of nitrogens with one attached hydrogen (secondary N) is 2. The molecular formula is C16H23N3. The van der Waals surface area contributed by atoms with E-state index in [9.17, 15) is 0 Å². The highest BCUT2D eigenvalue weighted by atomic mass is 15.0. The molecule has 2 rings (SSSR count). The first kappa shape index (κ1) is 13.8. The maximum atomic E-state index is 4.57. The van der Waals surface area contributed by atoms with Crippen molar-refractivity contribution in [3.8, 4) is 0 Å². The van der Waals surface area contributed by atoms with E-state index in [4.69, 9.17) is 0 Å². The van der Waals surface area contributed by atoms with Gasteiger partial charge in [0, 0.05) is 24.2 Å². The van der Waals surface area contributed by atoms with Crippen LogP contribution in [-0.2, 0) is 6.54 Å². The summed E-state index contributed by atoms with van der Waals surface area (Å²) in [6.07, 6.45) is 3.13. The minimum absolute atomic E-state index is 0.389. The molecule has 1 heterocycles. The number of anilines is 1. The third-order valence-corrected chi connectivity index (χ3v) is 3.05. The Hall–Kier alpha value is -1.61. The summed E-state index contributed by atoms with van der Waals surface area (Å²) < 4.78 is 0. The van der Waals surface area contributed by atoms with Gasteiger partial charge in [-0.1, -0.05) is 31.2 Å². The molecule has 102 valence electrons. The minimum Gasteiger partial charge on any atom is -0.367 e. The Bertz CT molecular complexity index is 535. The first-order chi connectivity index (χ1) is 9.22. The second kappa shape index (κ2) is 6.53. The Morgan fingerprint density at radius 2 is 1.89 bits per heavy atom. The van der Waals surface area contributed by atoms with E-state index >= 15 is 0 Å². The van der Waals surface area contributed by atoms with Gasteiger partial charge in [0.2, 0.25) is 0 Å². The molecule has 0 bridgehead atoms. The maximum Gasteiger partial charge on any atom is 0.134 e. The number of aromatic nitrogens is 1. The van der Waals surface area contributed by atoms with Crippen LogP contribution in [0.15, 0.2) is 30.5 Å². The molecule has 0 fully saturated rings. The van der Waals surface area contributed by atoms with Gasteiger partial charge < -0.3 is 10.6 Å². The van der Waals surface area contributed by atoms with E-state index in [0.29, 0.717) is 6.04 Å². The number of pyridine rings is 1. The Kier molecular flexibility index (Phi) is 4.74. The number of nitrogens with zero attached hydrogens (tertiary/aromatic N) is 1. The van der Waals surface area contributed by atoms with Gasteiger partial charge in [0.25, 0.3) is 0 Å². The average Bonchev–Trinajstić information content (AvgIpc) is 2.41. The Labute approximate surface area is 115 Å². The number of rotatable bonds is 6. The molecule has 0 radical (unpaired) electrons. The van der Waals surface area contributed by atoms with Crippen molar-refractivity contribution in [1.29, 1.82) is 0 Å². The molecule has 0 atom stereocenters. The lowest BCUT2D eigenvalue weighted by atomic mass is 10.1. The summed E-state index contributed by atoms with van der Waals surface area (Å²) in [7, 11) is 0. The lowest BCUT2D eigenvalue weighted by Crippen LogP contribution is -2.15. The fraction of sp³-hybridized carbons (Fsp3) is 0.438. The normalized spacial score (nSPS) is 11.2. The molecule has 1 aromatic heterocycles. The van der Waals surface area contributed by atoms with Crippen LogP contribution in [0.25, 0.3) is 10.8 Å². The summed E-state index contributed by atoms with van der Waals surface area (Å²) in [4.78, 5) is 4.57. The van der Waals surface area contributed by atoms with Crippen molar-refractivity contribution in [2.75, 3.05) is 11.9 Å². The SMILES string of the molecule is CCCNCc1cnc(NC(C)C)c2ccccc12. The molecule has 0 saturated carbocycles. The second-order valence-corrected chi connectivity index (χ2v) is 5.15. The number of benzene rings is 1. The molecule has 19 heavy (non-hydrogen) atoms. The monoisotopic (exact) mass is 257 g/mol. The topological polar surface area (TPSA) is 37.0 Å². The number of hydrogen-bond donors (Lipinski definition) is 2. The van der Waals surface area contributed by atoms with Crippen LogP contribution in [-0.4, -0.2) is 17.6 Å². The first-order valence-electron chi connectivity index (χ1n) is 7.06. The van der Waals surface area contributed by atoms with Crippen LogP contribution < -0.4 is 10.6 Å². The van der Waals surface area contributed by atoms with Crippen LogP contribution in [0.5, 0.6) is 0 Å². The van der Waals surface area contributed by atoms with Gasteiger partial charge in [0.15, 0.2) is 0 Å². The van der Waals surface area contributed by atoms with E-state index in [-0.39, 0.29) is 0 Å². The molecule has 0 aliphatic rings. The molecule has 0 unspecified atom stereocenters. The number of fused-ring (bicyclic) bond motifs is 1. The van der Waals surface area contributed by atoms with E-state index in [1.165, 1.54) is 16.3 Å². The minimum atomic E-state index is 0.389. The van der Waals surface area contributed by atoms with E-state index in [1.807, 2.05) is 6.20 Å². The van der Waals surface area contributed by atoms with E-state index < -0.39 is 0 Å². The molecule has 0 spiro atoms. The smallest absolute Gasteiger partial charge is 0.134 e. The average molecular weight is 257 g/mol. The van der Waals surface area contributed by atoms with Crippen LogP contribution in [0.3, 0.4) is 0 Å². The number of hydrogen-bond acceptors (Lipinski definition) is 3. The highest BCUT2D eigenvalue weighted by Gasteiger charge is 2.07. The zero-order valence-corrected chi connectivity index (χ0v) is 12.0. The van der Waals surface area contributed by atoms with Crippen LogP contribution in [0.1, 0.15) is 32.8 Å². The van der Waals surface area contributed by atoms with Gasteiger partial charge >= 0.3 is 0 Å². The molecule has 0 aliphatic heterocycles. The summed E-state index contributed by atoms with van der Waals surface area (Å²) >= 11 is 0. The quantitative estimate of drug-likeness (QED) is 0.777.